The summed E-state index contributed by atoms with van der Waals surface area (Å²) >= 11 is 6.21. The Morgan fingerprint density at radius 2 is 1.60 bits per heavy atom. The molecule has 5 nitrogen and oxygen atoms in total. The summed E-state index contributed by atoms with van der Waals surface area (Å²) in [5, 5.41) is 3.46. The number of carbonyl (C=O) groups is 2. The first-order chi connectivity index (χ1) is 16.8. The molecular weight excluding hydrogens is 460 g/mol. The third-order valence-corrected chi connectivity index (χ3v) is 6.06. The summed E-state index contributed by atoms with van der Waals surface area (Å²) in [7, 11) is 0. The second-order valence-electron chi connectivity index (χ2n) is 9.01. The molecule has 0 spiro atoms. The van der Waals surface area contributed by atoms with Gasteiger partial charge in [0.25, 0.3) is 5.91 Å². The molecule has 0 saturated heterocycles. The van der Waals surface area contributed by atoms with Gasteiger partial charge in [0, 0.05) is 19.5 Å². The smallest absolute Gasteiger partial charge is 0.261 e. The molecule has 1 N–H and O–H groups in total. The van der Waals surface area contributed by atoms with E-state index < -0.39 is 6.04 Å². The quantitative estimate of drug-likeness (QED) is 0.387. The van der Waals surface area contributed by atoms with Crippen molar-refractivity contribution in [2.24, 2.45) is 5.92 Å². The van der Waals surface area contributed by atoms with Crippen LogP contribution < -0.4 is 10.1 Å². The SMILES string of the molecule is Cc1ccccc1CN(C(=O)COc1ccccc1Cl)[C@H](Cc1ccccc1)C(=O)NCC(C)C. The van der Waals surface area contributed by atoms with Gasteiger partial charge in [-0.05, 0) is 41.7 Å². The minimum Gasteiger partial charge on any atom is -0.482 e. The number of rotatable bonds is 11. The van der Waals surface area contributed by atoms with E-state index >= 15 is 0 Å². The first-order valence-corrected chi connectivity index (χ1v) is 12.3. The molecule has 3 aromatic carbocycles. The summed E-state index contributed by atoms with van der Waals surface area (Å²) in [6, 6.07) is 24.0. The minimum atomic E-state index is -0.696. The first kappa shape index (κ1) is 26.3. The van der Waals surface area contributed by atoms with Crippen molar-refractivity contribution in [2.75, 3.05) is 13.2 Å². The molecule has 0 aliphatic heterocycles. The number of nitrogens with one attached hydrogen (secondary N) is 1. The highest BCUT2D eigenvalue weighted by molar-refractivity contribution is 6.32. The highest BCUT2D eigenvalue weighted by Gasteiger charge is 2.31. The van der Waals surface area contributed by atoms with E-state index in [2.05, 4.69) is 5.32 Å². The third kappa shape index (κ3) is 7.86. The lowest BCUT2D eigenvalue weighted by atomic mass is 10.0. The maximum Gasteiger partial charge on any atom is 0.261 e. The molecule has 0 aromatic heterocycles. The number of benzene rings is 3. The highest BCUT2D eigenvalue weighted by atomic mass is 35.5. The van der Waals surface area contributed by atoms with Crippen molar-refractivity contribution in [3.05, 3.63) is 101 Å². The van der Waals surface area contributed by atoms with Crippen molar-refractivity contribution in [2.45, 2.75) is 39.8 Å². The van der Waals surface area contributed by atoms with E-state index in [0.29, 0.717) is 36.2 Å². The molecular formula is C29H33ClN2O3. The number of hydrogen-bond donors (Lipinski definition) is 1. The Balaban J connectivity index is 1.92. The molecule has 184 valence electrons. The summed E-state index contributed by atoms with van der Waals surface area (Å²) < 4.78 is 5.77. The monoisotopic (exact) mass is 492 g/mol. The second kappa shape index (κ2) is 13.0. The molecule has 1 atom stereocenters. The van der Waals surface area contributed by atoms with Crippen molar-refractivity contribution >= 4 is 23.4 Å². The summed E-state index contributed by atoms with van der Waals surface area (Å²) in [6.07, 6.45) is 0.397. The van der Waals surface area contributed by atoms with Crippen LogP contribution in [0.15, 0.2) is 78.9 Å². The van der Waals surface area contributed by atoms with Gasteiger partial charge in [-0.15, -0.1) is 0 Å². The molecule has 0 unspecified atom stereocenters. The van der Waals surface area contributed by atoms with Gasteiger partial charge in [-0.2, -0.15) is 0 Å². The van der Waals surface area contributed by atoms with E-state index in [-0.39, 0.29) is 18.4 Å². The highest BCUT2D eigenvalue weighted by Crippen LogP contribution is 2.24. The van der Waals surface area contributed by atoms with Crippen molar-refractivity contribution < 1.29 is 14.3 Å². The van der Waals surface area contributed by atoms with E-state index in [0.717, 1.165) is 16.7 Å². The number of halogens is 1. The summed E-state index contributed by atoms with van der Waals surface area (Å²) in [5.41, 5.74) is 3.01. The lowest BCUT2D eigenvalue weighted by Crippen LogP contribution is -2.52. The molecule has 2 amide bonds. The van der Waals surface area contributed by atoms with Crippen LogP contribution in [0.1, 0.15) is 30.5 Å². The lowest BCUT2D eigenvalue weighted by molar-refractivity contribution is -0.142. The summed E-state index contributed by atoms with van der Waals surface area (Å²) in [4.78, 5) is 28.7. The normalized spacial score (nSPS) is 11.7. The zero-order valence-electron chi connectivity index (χ0n) is 20.5. The first-order valence-electron chi connectivity index (χ1n) is 11.9. The predicted molar refractivity (Wildman–Crippen MR) is 140 cm³/mol. The summed E-state index contributed by atoms with van der Waals surface area (Å²) in [6.45, 7) is 6.69. The number of ether oxygens (including phenoxy) is 1. The zero-order chi connectivity index (χ0) is 25.2. The maximum atomic E-state index is 13.6. The van der Waals surface area contributed by atoms with E-state index in [1.807, 2.05) is 75.4 Å². The molecule has 0 bridgehead atoms. The standard InChI is InChI=1S/C29H33ClN2O3/c1-21(2)18-31-29(34)26(17-23-12-5-4-6-13-23)32(19-24-14-8-7-11-22(24)3)28(33)20-35-27-16-10-9-15-25(27)30/h4-16,21,26H,17-20H2,1-3H3,(H,31,34)/t26-/m1/s1. The van der Waals surface area contributed by atoms with Gasteiger partial charge in [-0.25, -0.2) is 0 Å². The number of para-hydroxylation sites is 1. The minimum absolute atomic E-state index is 0.178. The molecule has 0 saturated carbocycles. The average Bonchev–Trinajstić information content (AvgIpc) is 2.85. The zero-order valence-corrected chi connectivity index (χ0v) is 21.3. The molecule has 0 radical (unpaired) electrons. The van der Waals surface area contributed by atoms with Crippen LogP contribution in [0.2, 0.25) is 5.02 Å². The molecule has 0 aliphatic rings. The molecule has 0 aliphatic carbocycles. The number of nitrogens with zero attached hydrogens (tertiary/aromatic N) is 1. The van der Waals surface area contributed by atoms with Crippen LogP contribution in [0, 0.1) is 12.8 Å². The number of hydrogen-bond acceptors (Lipinski definition) is 3. The number of aryl methyl sites for hydroxylation is 1. The van der Waals surface area contributed by atoms with Crippen LogP contribution in [-0.4, -0.2) is 35.9 Å². The van der Waals surface area contributed by atoms with E-state index in [4.69, 9.17) is 16.3 Å². The van der Waals surface area contributed by atoms with Crippen LogP contribution in [0.3, 0.4) is 0 Å². The van der Waals surface area contributed by atoms with Crippen LogP contribution in [0.4, 0.5) is 0 Å². The van der Waals surface area contributed by atoms with Gasteiger partial charge in [-0.1, -0.05) is 92.2 Å². The van der Waals surface area contributed by atoms with Crippen LogP contribution in [0.25, 0.3) is 0 Å². The predicted octanol–water partition coefficient (Wildman–Crippen LogP) is 5.44. The third-order valence-electron chi connectivity index (χ3n) is 5.75. The fourth-order valence-corrected chi connectivity index (χ4v) is 3.92. The van der Waals surface area contributed by atoms with Crippen molar-refractivity contribution in [1.29, 1.82) is 0 Å². The van der Waals surface area contributed by atoms with Crippen LogP contribution >= 0.6 is 11.6 Å². The maximum absolute atomic E-state index is 13.6. The lowest BCUT2D eigenvalue weighted by Gasteiger charge is -2.32. The van der Waals surface area contributed by atoms with Crippen molar-refractivity contribution in [3.8, 4) is 5.75 Å². The Labute approximate surface area is 213 Å². The Morgan fingerprint density at radius 1 is 0.943 bits per heavy atom. The van der Waals surface area contributed by atoms with Gasteiger partial charge in [0.2, 0.25) is 5.91 Å². The van der Waals surface area contributed by atoms with Crippen molar-refractivity contribution in [1.82, 2.24) is 10.2 Å². The summed E-state index contributed by atoms with van der Waals surface area (Å²) in [5.74, 6) is 0.263. The van der Waals surface area contributed by atoms with Gasteiger partial charge in [0.15, 0.2) is 6.61 Å². The van der Waals surface area contributed by atoms with Gasteiger partial charge < -0.3 is 15.0 Å². The van der Waals surface area contributed by atoms with Gasteiger partial charge >= 0.3 is 0 Å². The van der Waals surface area contributed by atoms with Gasteiger partial charge in [0.1, 0.15) is 11.8 Å². The Bertz CT molecular complexity index is 1120. The fraction of sp³-hybridized carbons (Fsp3) is 0.310. The average molecular weight is 493 g/mol. The topological polar surface area (TPSA) is 58.6 Å². The Morgan fingerprint density at radius 3 is 2.29 bits per heavy atom. The fourth-order valence-electron chi connectivity index (χ4n) is 3.73. The molecule has 3 aromatic rings. The molecule has 6 heteroatoms. The number of amides is 2. The molecule has 0 fully saturated rings. The molecule has 0 heterocycles. The Kier molecular flexibility index (Phi) is 9.74. The van der Waals surface area contributed by atoms with Crippen LogP contribution in [-0.2, 0) is 22.6 Å². The van der Waals surface area contributed by atoms with E-state index in [9.17, 15) is 9.59 Å². The van der Waals surface area contributed by atoms with Gasteiger partial charge in [-0.3, -0.25) is 9.59 Å². The molecule has 35 heavy (non-hydrogen) atoms. The second-order valence-corrected chi connectivity index (χ2v) is 9.42. The van der Waals surface area contributed by atoms with E-state index in [1.54, 1.807) is 29.2 Å². The largest absolute Gasteiger partial charge is 0.482 e. The van der Waals surface area contributed by atoms with Crippen LogP contribution in [0.5, 0.6) is 5.75 Å². The number of carbonyl (C=O) groups excluding carboxylic acids is 2. The van der Waals surface area contributed by atoms with Gasteiger partial charge in [0.05, 0.1) is 5.02 Å². The Hall–Kier alpha value is -3.31. The van der Waals surface area contributed by atoms with E-state index in [1.165, 1.54) is 0 Å². The molecule has 3 rings (SSSR count). The van der Waals surface area contributed by atoms with Crippen molar-refractivity contribution in [3.63, 3.8) is 0 Å².